The van der Waals surface area contributed by atoms with E-state index in [4.69, 9.17) is 23.7 Å². The molecule has 0 aliphatic heterocycles. The molecule has 2 N–H and O–H groups in total. The Labute approximate surface area is 199 Å². The highest BCUT2D eigenvalue weighted by Gasteiger charge is 2.39. The molecule has 0 saturated carbocycles. The van der Waals surface area contributed by atoms with Crippen molar-refractivity contribution in [2.45, 2.75) is 64.5 Å². The fraction of sp³-hybridized carbons (Fsp3) is 0.542. The molecule has 2 amide bonds. The molecule has 1 aromatic rings. The first-order valence-corrected chi connectivity index (χ1v) is 11.1. The average Bonchev–Trinajstić information content (AvgIpc) is 2.77. The van der Waals surface area contributed by atoms with Gasteiger partial charge in [-0.2, -0.15) is 0 Å². The lowest BCUT2D eigenvalue weighted by atomic mass is 9.88. The van der Waals surface area contributed by atoms with Gasteiger partial charge >= 0.3 is 18.2 Å². The van der Waals surface area contributed by atoms with E-state index in [0.29, 0.717) is 5.57 Å². The summed E-state index contributed by atoms with van der Waals surface area (Å²) in [6, 6.07) is 7.68. The van der Waals surface area contributed by atoms with Crippen LogP contribution in [0.3, 0.4) is 0 Å². The molecule has 10 heteroatoms. The average molecular weight is 479 g/mol. The van der Waals surface area contributed by atoms with Gasteiger partial charge in [0, 0.05) is 19.1 Å². The Morgan fingerprint density at radius 3 is 2.35 bits per heavy atom. The van der Waals surface area contributed by atoms with E-state index < -0.39 is 41.9 Å². The molecule has 2 rings (SSSR count). The van der Waals surface area contributed by atoms with Crippen LogP contribution in [0.2, 0.25) is 0 Å². The summed E-state index contributed by atoms with van der Waals surface area (Å²) in [7, 11) is 1.45. The van der Waals surface area contributed by atoms with Crippen molar-refractivity contribution in [2.75, 3.05) is 20.5 Å². The normalized spacial score (nSPS) is 20.0. The van der Waals surface area contributed by atoms with Crippen LogP contribution in [0.1, 0.15) is 39.7 Å². The van der Waals surface area contributed by atoms with E-state index in [-0.39, 0.29) is 26.4 Å². The van der Waals surface area contributed by atoms with E-state index in [9.17, 15) is 14.4 Å². The molecule has 0 saturated heterocycles. The van der Waals surface area contributed by atoms with Crippen LogP contribution in [-0.4, -0.2) is 62.5 Å². The molecule has 0 bridgehead atoms. The molecule has 0 unspecified atom stereocenters. The van der Waals surface area contributed by atoms with Crippen LogP contribution in [-0.2, 0) is 35.1 Å². The molecule has 0 spiro atoms. The molecule has 34 heavy (non-hydrogen) atoms. The Bertz CT molecular complexity index is 850. The number of methoxy groups -OCH3 is 1. The van der Waals surface area contributed by atoms with Crippen LogP contribution in [0.4, 0.5) is 9.59 Å². The third-order valence-corrected chi connectivity index (χ3v) is 4.71. The number of alkyl carbamates (subject to hydrolysis) is 2. The highest BCUT2D eigenvalue weighted by molar-refractivity contribution is 5.89. The molecule has 0 aromatic heterocycles. The topological polar surface area (TPSA) is 121 Å². The summed E-state index contributed by atoms with van der Waals surface area (Å²) in [6.07, 6.45) is -0.555. The molecule has 3 atom stereocenters. The maximum atomic E-state index is 12.6. The second-order valence-corrected chi connectivity index (χ2v) is 8.64. The Morgan fingerprint density at radius 2 is 1.74 bits per heavy atom. The number of ether oxygens (including phenoxy) is 5. The van der Waals surface area contributed by atoms with E-state index in [1.54, 1.807) is 33.8 Å². The highest BCUT2D eigenvalue weighted by atomic mass is 16.7. The predicted octanol–water partition coefficient (Wildman–Crippen LogP) is 3.06. The summed E-state index contributed by atoms with van der Waals surface area (Å²) in [5.41, 5.74) is 0.391. The lowest BCUT2D eigenvalue weighted by Crippen LogP contribution is -2.60. The van der Waals surface area contributed by atoms with E-state index in [0.717, 1.165) is 5.56 Å². The van der Waals surface area contributed by atoms with Crippen LogP contribution in [0.25, 0.3) is 0 Å². The Hall–Kier alpha value is -3.11. The van der Waals surface area contributed by atoms with Gasteiger partial charge in [-0.25, -0.2) is 14.4 Å². The van der Waals surface area contributed by atoms with E-state index >= 15 is 0 Å². The molecule has 10 nitrogen and oxygen atoms in total. The third kappa shape index (κ3) is 9.03. The number of carbonyl (C=O) groups is 3. The van der Waals surface area contributed by atoms with Crippen LogP contribution in [0, 0.1) is 0 Å². The summed E-state index contributed by atoms with van der Waals surface area (Å²) < 4.78 is 26.5. The fourth-order valence-corrected chi connectivity index (χ4v) is 3.32. The van der Waals surface area contributed by atoms with Gasteiger partial charge in [0.15, 0.2) is 0 Å². The van der Waals surface area contributed by atoms with Crippen molar-refractivity contribution in [1.29, 1.82) is 0 Å². The zero-order valence-electron chi connectivity index (χ0n) is 20.3. The molecule has 1 aliphatic carbocycles. The quantitative estimate of drug-likeness (QED) is 0.316. The second kappa shape index (κ2) is 13.0. The van der Waals surface area contributed by atoms with Gasteiger partial charge in [0.2, 0.25) is 0 Å². The minimum absolute atomic E-state index is 0.0632. The van der Waals surface area contributed by atoms with Gasteiger partial charge in [-0.1, -0.05) is 30.3 Å². The van der Waals surface area contributed by atoms with Crippen molar-refractivity contribution in [3.8, 4) is 0 Å². The van der Waals surface area contributed by atoms with Crippen molar-refractivity contribution in [2.24, 2.45) is 0 Å². The number of hydrogen-bond donors (Lipinski definition) is 2. The van der Waals surface area contributed by atoms with Crippen molar-refractivity contribution in [1.82, 2.24) is 10.6 Å². The van der Waals surface area contributed by atoms with Crippen molar-refractivity contribution >= 4 is 18.2 Å². The smallest absolute Gasteiger partial charge is 0.408 e. The first kappa shape index (κ1) is 27.1. The molecule has 188 valence electrons. The molecular weight excluding hydrogens is 444 g/mol. The van der Waals surface area contributed by atoms with Crippen LogP contribution >= 0.6 is 0 Å². The summed E-state index contributed by atoms with van der Waals surface area (Å²) >= 11 is 0. The number of esters is 1. The summed E-state index contributed by atoms with van der Waals surface area (Å²) in [5, 5.41) is 5.49. The molecule has 0 radical (unpaired) electrons. The number of carbonyl (C=O) groups excluding carboxylic acids is 3. The summed E-state index contributed by atoms with van der Waals surface area (Å²) in [6.45, 7) is 7.06. The number of nitrogens with one attached hydrogen (secondary N) is 2. The van der Waals surface area contributed by atoms with Gasteiger partial charge < -0.3 is 34.3 Å². The largest absolute Gasteiger partial charge is 0.463 e. The number of benzene rings is 1. The standard InChI is InChI=1S/C24H34N2O8/c1-6-31-21(27)17-12-18(25-22(28)32-14-16-10-8-7-9-11-16)20(19(13-17)33-15-30-5)26-23(29)34-24(2,3)4/h7-11,13,18-20H,6,12,14-15H2,1-5H3,(H,25,28)(H,26,29)/t18-,19+,20+/m0/s1. The lowest BCUT2D eigenvalue weighted by molar-refractivity contribution is -0.139. The Morgan fingerprint density at radius 1 is 1.03 bits per heavy atom. The van der Waals surface area contributed by atoms with Gasteiger partial charge in [-0.3, -0.25) is 0 Å². The van der Waals surface area contributed by atoms with Gasteiger partial charge in [-0.15, -0.1) is 0 Å². The van der Waals surface area contributed by atoms with E-state index in [1.807, 2.05) is 30.3 Å². The molecule has 1 aromatic carbocycles. The number of amides is 2. The second-order valence-electron chi connectivity index (χ2n) is 8.64. The maximum absolute atomic E-state index is 12.6. The first-order valence-electron chi connectivity index (χ1n) is 11.1. The monoisotopic (exact) mass is 478 g/mol. The Balaban J connectivity index is 2.22. The van der Waals surface area contributed by atoms with E-state index in [2.05, 4.69) is 10.6 Å². The highest BCUT2D eigenvalue weighted by Crippen LogP contribution is 2.24. The van der Waals surface area contributed by atoms with Crippen LogP contribution in [0.15, 0.2) is 42.0 Å². The van der Waals surface area contributed by atoms with Gasteiger partial charge in [0.05, 0.1) is 18.7 Å². The minimum atomic E-state index is -0.806. The zero-order valence-corrected chi connectivity index (χ0v) is 20.3. The number of hydrogen-bond acceptors (Lipinski definition) is 8. The van der Waals surface area contributed by atoms with E-state index in [1.165, 1.54) is 7.11 Å². The van der Waals surface area contributed by atoms with Crippen LogP contribution in [0.5, 0.6) is 0 Å². The third-order valence-electron chi connectivity index (χ3n) is 4.71. The van der Waals surface area contributed by atoms with Gasteiger partial charge in [-0.05, 0) is 39.3 Å². The molecule has 1 aliphatic rings. The maximum Gasteiger partial charge on any atom is 0.408 e. The van der Waals surface area contributed by atoms with Gasteiger partial charge in [0.1, 0.15) is 25.1 Å². The first-order chi connectivity index (χ1) is 16.1. The van der Waals surface area contributed by atoms with Crippen LogP contribution < -0.4 is 10.6 Å². The lowest BCUT2D eigenvalue weighted by Gasteiger charge is -2.37. The molecule has 0 heterocycles. The predicted molar refractivity (Wildman–Crippen MR) is 123 cm³/mol. The summed E-state index contributed by atoms with van der Waals surface area (Å²) in [4.78, 5) is 37.6. The van der Waals surface area contributed by atoms with Crippen molar-refractivity contribution in [3.05, 3.63) is 47.5 Å². The van der Waals surface area contributed by atoms with Gasteiger partial charge in [0.25, 0.3) is 0 Å². The molecular formula is C24H34N2O8. The fourth-order valence-electron chi connectivity index (χ4n) is 3.32. The Kier molecular flexibility index (Phi) is 10.3. The SMILES string of the molecule is CCOC(=O)C1=C[C@@H](OCOC)[C@H](NC(=O)OC(C)(C)C)[C@@H](NC(=O)OCc2ccccc2)C1. The molecule has 0 fully saturated rings. The minimum Gasteiger partial charge on any atom is -0.463 e. The summed E-state index contributed by atoms with van der Waals surface area (Å²) in [5.74, 6) is -0.534. The van der Waals surface area contributed by atoms with Crippen molar-refractivity contribution < 1.29 is 38.1 Å². The van der Waals surface area contributed by atoms with Crippen molar-refractivity contribution in [3.63, 3.8) is 0 Å². The zero-order chi connectivity index (χ0) is 25.1. The number of rotatable bonds is 9.